The molecule has 0 saturated heterocycles. The number of pyridine rings is 1. The molecule has 1 amide bonds. The van der Waals surface area contributed by atoms with Gasteiger partial charge in [0.2, 0.25) is 0 Å². The highest BCUT2D eigenvalue weighted by atomic mass is 32.1. The van der Waals surface area contributed by atoms with Gasteiger partial charge in [-0.05, 0) is 48.7 Å². The number of anilines is 1. The third-order valence-electron chi connectivity index (χ3n) is 4.55. The summed E-state index contributed by atoms with van der Waals surface area (Å²) < 4.78 is 2.69. The molecule has 27 heavy (non-hydrogen) atoms. The van der Waals surface area contributed by atoms with Gasteiger partial charge < -0.3 is 0 Å². The Morgan fingerprint density at radius 3 is 2.78 bits per heavy atom. The molecule has 0 aliphatic rings. The summed E-state index contributed by atoms with van der Waals surface area (Å²) in [5.74, 6) is -0.173. The molecule has 3 heterocycles. The molecule has 0 unspecified atom stereocenters. The maximum absolute atomic E-state index is 13.2. The summed E-state index contributed by atoms with van der Waals surface area (Å²) >= 11 is 1.52. The number of thiazole rings is 1. The van der Waals surface area contributed by atoms with E-state index >= 15 is 0 Å². The molecule has 0 aliphatic heterocycles. The zero-order valence-electron chi connectivity index (χ0n) is 15.4. The average molecular weight is 377 g/mol. The van der Waals surface area contributed by atoms with Crippen LogP contribution in [0.5, 0.6) is 0 Å². The molecule has 0 fully saturated rings. The summed E-state index contributed by atoms with van der Waals surface area (Å²) in [6, 6.07) is 9.69. The summed E-state index contributed by atoms with van der Waals surface area (Å²) in [6.07, 6.45) is 5.25. The second-order valence-corrected chi connectivity index (χ2v) is 7.49. The number of fused-ring (bicyclic) bond motifs is 1. The largest absolute Gasteiger partial charge is 0.280 e. The van der Waals surface area contributed by atoms with Crippen LogP contribution in [0.15, 0.2) is 48.9 Å². The van der Waals surface area contributed by atoms with Crippen molar-refractivity contribution in [2.45, 2.75) is 20.4 Å². The van der Waals surface area contributed by atoms with Crippen molar-refractivity contribution < 1.29 is 4.79 Å². The van der Waals surface area contributed by atoms with E-state index in [1.54, 1.807) is 41.3 Å². The fraction of sp³-hybridized carbons (Fsp3) is 0.200. The predicted octanol–water partition coefficient (Wildman–Crippen LogP) is 3.89. The Labute approximate surface area is 161 Å². The number of aromatic nitrogens is 4. The molecule has 0 bridgehead atoms. The van der Waals surface area contributed by atoms with Crippen LogP contribution >= 0.6 is 11.3 Å². The van der Waals surface area contributed by atoms with E-state index in [0.29, 0.717) is 17.4 Å². The summed E-state index contributed by atoms with van der Waals surface area (Å²) in [7, 11) is 1.80. The van der Waals surface area contributed by atoms with E-state index in [4.69, 9.17) is 4.98 Å². The average Bonchev–Trinajstić information content (AvgIpc) is 3.30. The Hall–Kier alpha value is -3.06. The molecular weight excluding hydrogens is 358 g/mol. The lowest BCUT2D eigenvalue weighted by Gasteiger charge is -2.18. The molecule has 0 spiro atoms. The zero-order valence-corrected chi connectivity index (χ0v) is 16.2. The maximum Gasteiger partial charge on any atom is 0.280 e. The van der Waals surface area contributed by atoms with E-state index in [1.165, 1.54) is 16.9 Å². The van der Waals surface area contributed by atoms with Gasteiger partial charge >= 0.3 is 0 Å². The van der Waals surface area contributed by atoms with E-state index in [2.05, 4.69) is 36.1 Å². The standard InChI is InChI=1S/C20H19N5OS/c1-13-6-7-17-18(14(13)2)22-20(27-17)25(12-15-5-4-9-21-11-15)19(26)16-8-10-24(3)23-16/h4-11H,12H2,1-3H3. The number of hydrogen-bond acceptors (Lipinski definition) is 5. The van der Waals surface area contributed by atoms with Crippen molar-refractivity contribution in [2.75, 3.05) is 4.90 Å². The fourth-order valence-corrected chi connectivity index (χ4v) is 3.92. The number of amides is 1. The molecule has 3 aromatic heterocycles. The van der Waals surface area contributed by atoms with Crippen LogP contribution in [0.4, 0.5) is 5.13 Å². The van der Waals surface area contributed by atoms with E-state index in [9.17, 15) is 4.79 Å². The van der Waals surface area contributed by atoms with Gasteiger partial charge in [-0.25, -0.2) is 4.98 Å². The van der Waals surface area contributed by atoms with Crippen molar-refractivity contribution in [3.8, 4) is 0 Å². The molecule has 4 aromatic rings. The highest BCUT2D eigenvalue weighted by Crippen LogP contribution is 2.33. The lowest BCUT2D eigenvalue weighted by molar-refractivity contribution is 0.0979. The Balaban J connectivity index is 1.79. The van der Waals surface area contributed by atoms with Crippen molar-refractivity contribution in [3.05, 3.63) is 71.3 Å². The SMILES string of the molecule is Cc1ccc2sc(N(Cc3cccnc3)C(=O)c3ccn(C)n3)nc2c1C. The minimum atomic E-state index is -0.173. The molecule has 0 saturated carbocycles. The van der Waals surface area contributed by atoms with E-state index in [0.717, 1.165) is 21.3 Å². The third-order valence-corrected chi connectivity index (χ3v) is 5.59. The Morgan fingerprint density at radius 2 is 2.07 bits per heavy atom. The number of rotatable bonds is 4. The lowest BCUT2D eigenvalue weighted by atomic mass is 10.1. The molecule has 6 nitrogen and oxygen atoms in total. The number of benzene rings is 1. The van der Waals surface area contributed by atoms with Crippen LogP contribution in [-0.4, -0.2) is 25.7 Å². The highest BCUT2D eigenvalue weighted by molar-refractivity contribution is 7.22. The second-order valence-electron chi connectivity index (χ2n) is 6.48. The van der Waals surface area contributed by atoms with Gasteiger partial charge in [-0.15, -0.1) is 0 Å². The number of carbonyl (C=O) groups is 1. The minimum Gasteiger partial charge on any atom is -0.278 e. The van der Waals surface area contributed by atoms with Gasteiger partial charge in [0.1, 0.15) is 0 Å². The third kappa shape index (κ3) is 3.33. The van der Waals surface area contributed by atoms with Crippen molar-refractivity contribution in [2.24, 2.45) is 7.05 Å². The molecule has 0 atom stereocenters. The molecule has 0 radical (unpaired) electrons. The van der Waals surface area contributed by atoms with Crippen LogP contribution in [0, 0.1) is 13.8 Å². The number of hydrogen-bond donors (Lipinski definition) is 0. The van der Waals surface area contributed by atoms with Crippen LogP contribution in [0.2, 0.25) is 0 Å². The molecule has 1 aromatic carbocycles. The quantitative estimate of drug-likeness (QED) is 0.541. The van der Waals surface area contributed by atoms with Crippen LogP contribution < -0.4 is 4.90 Å². The van der Waals surface area contributed by atoms with Crippen molar-refractivity contribution in [3.63, 3.8) is 0 Å². The maximum atomic E-state index is 13.2. The van der Waals surface area contributed by atoms with E-state index < -0.39 is 0 Å². The van der Waals surface area contributed by atoms with Crippen LogP contribution in [0.25, 0.3) is 10.2 Å². The van der Waals surface area contributed by atoms with Gasteiger partial charge in [0.05, 0.1) is 16.8 Å². The fourth-order valence-electron chi connectivity index (χ4n) is 2.90. The van der Waals surface area contributed by atoms with Gasteiger partial charge in [0.25, 0.3) is 5.91 Å². The Kier molecular flexibility index (Phi) is 4.45. The predicted molar refractivity (Wildman–Crippen MR) is 107 cm³/mol. The molecule has 0 N–H and O–H groups in total. The second kappa shape index (κ2) is 6.92. The molecule has 7 heteroatoms. The van der Waals surface area contributed by atoms with Crippen molar-refractivity contribution >= 4 is 32.6 Å². The highest BCUT2D eigenvalue weighted by Gasteiger charge is 2.24. The molecule has 4 rings (SSSR count). The van der Waals surface area contributed by atoms with Gasteiger partial charge in [-0.2, -0.15) is 5.10 Å². The Bertz CT molecular complexity index is 1120. The number of nitrogens with zero attached hydrogens (tertiary/aromatic N) is 5. The van der Waals surface area contributed by atoms with E-state index in [1.807, 2.05) is 12.1 Å². The minimum absolute atomic E-state index is 0.173. The van der Waals surface area contributed by atoms with Gasteiger partial charge in [-0.3, -0.25) is 19.4 Å². The van der Waals surface area contributed by atoms with Crippen LogP contribution in [0.1, 0.15) is 27.2 Å². The monoisotopic (exact) mass is 377 g/mol. The topological polar surface area (TPSA) is 63.9 Å². The first-order valence-corrected chi connectivity index (χ1v) is 9.42. The normalized spacial score (nSPS) is 11.1. The smallest absolute Gasteiger partial charge is 0.278 e. The summed E-state index contributed by atoms with van der Waals surface area (Å²) in [5, 5.41) is 4.94. The first kappa shape index (κ1) is 17.4. The lowest BCUT2D eigenvalue weighted by Crippen LogP contribution is -2.30. The number of aryl methyl sites for hydroxylation is 3. The first-order valence-electron chi connectivity index (χ1n) is 8.60. The Morgan fingerprint density at radius 1 is 1.22 bits per heavy atom. The number of carbonyl (C=O) groups excluding carboxylic acids is 1. The van der Waals surface area contributed by atoms with E-state index in [-0.39, 0.29) is 5.91 Å². The summed E-state index contributed by atoms with van der Waals surface area (Å²) in [5.41, 5.74) is 4.61. The van der Waals surface area contributed by atoms with Gasteiger partial charge in [-0.1, -0.05) is 23.5 Å². The van der Waals surface area contributed by atoms with Crippen molar-refractivity contribution in [1.29, 1.82) is 0 Å². The van der Waals surface area contributed by atoms with Crippen molar-refractivity contribution in [1.82, 2.24) is 19.7 Å². The first-order chi connectivity index (χ1) is 13.0. The molecule has 0 aliphatic carbocycles. The van der Waals surface area contributed by atoms with Gasteiger partial charge in [0.15, 0.2) is 10.8 Å². The zero-order chi connectivity index (χ0) is 19.0. The van der Waals surface area contributed by atoms with Gasteiger partial charge in [0, 0.05) is 25.6 Å². The summed E-state index contributed by atoms with van der Waals surface area (Å²) in [6.45, 7) is 4.52. The molecular formula is C20H19N5OS. The summed E-state index contributed by atoms with van der Waals surface area (Å²) in [4.78, 5) is 23.8. The van der Waals surface area contributed by atoms with Crippen LogP contribution in [0.3, 0.4) is 0 Å². The molecule has 136 valence electrons. The van der Waals surface area contributed by atoms with Crippen LogP contribution in [-0.2, 0) is 13.6 Å².